The Kier molecular flexibility index (Phi) is 3.75. The van der Waals surface area contributed by atoms with E-state index in [2.05, 4.69) is 4.98 Å². The first kappa shape index (κ1) is 13.0. The van der Waals surface area contributed by atoms with E-state index in [9.17, 15) is 9.18 Å². The Morgan fingerprint density at radius 1 is 1.42 bits per heavy atom. The van der Waals surface area contributed by atoms with E-state index in [1.165, 1.54) is 12.1 Å². The summed E-state index contributed by atoms with van der Waals surface area (Å²) in [5.41, 5.74) is 1.08. The van der Waals surface area contributed by atoms with Crippen LogP contribution in [0.15, 0.2) is 36.5 Å². The molecule has 1 aromatic carbocycles. The van der Waals surface area contributed by atoms with Gasteiger partial charge in [-0.25, -0.2) is 9.18 Å². The summed E-state index contributed by atoms with van der Waals surface area (Å²) in [6, 6.07) is 7.09. The summed E-state index contributed by atoms with van der Waals surface area (Å²) in [4.78, 5) is 14.9. The average molecular weight is 261 g/mol. The van der Waals surface area contributed by atoms with Crippen molar-refractivity contribution >= 4 is 5.97 Å². The monoisotopic (exact) mass is 261 g/mol. The molecule has 0 atom stereocenters. The van der Waals surface area contributed by atoms with E-state index < -0.39 is 11.8 Å². The fourth-order valence-electron chi connectivity index (χ4n) is 1.64. The van der Waals surface area contributed by atoms with Crippen molar-refractivity contribution in [2.75, 3.05) is 0 Å². The lowest BCUT2D eigenvalue weighted by atomic mass is 10.1. The highest BCUT2D eigenvalue weighted by Gasteiger charge is 2.08. The van der Waals surface area contributed by atoms with Crippen LogP contribution in [-0.2, 0) is 6.61 Å². The first-order chi connectivity index (χ1) is 9.06. The van der Waals surface area contributed by atoms with Crippen LogP contribution in [0.5, 0.6) is 5.75 Å². The Hall–Kier alpha value is -2.43. The quantitative estimate of drug-likeness (QED) is 0.919. The highest BCUT2D eigenvalue weighted by atomic mass is 19.1. The second kappa shape index (κ2) is 5.48. The molecular weight excluding hydrogens is 249 g/mol. The molecule has 0 unspecified atom stereocenters. The van der Waals surface area contributed by atoms with E-state index in [1.807, 2.05) is 0 Å². The van der Waals surface area contributed by atoms with Crippen molar-refractivity contribution in [3.8, 4) is 5.75 Å². The fourth-order valence-corrected chi connectivity index (χ4v) is 1.64. The summed E-state index contributed by atoms with van der Waals surface area (Å²) in [6.07, 6.45) is 1.65. The van der Waals surface area contributed by atoms with Gasteiger partial charge < -0.3 is 9.84 Å². The van der Waals surface area contributed by atoms with Crippen LogP contribution in [0, 0.1) is 12.7 Å². The van der Waals surface area contributed by atoms with Crippen molar-refractivity contribution in [1.29, 1.82) is 0 Å². The first-order valence-electron chi connectivity index (χ1n) is 5.63. The molecule has 0 aliphatic heterocycles. The number of nitrogens with zero attached hydrogens (tertiary/aromatic N) is 1. The lowest BCUT2D eigenvalue weighted by Gasteiger charge is -2.08. The molecule has 1 heterocycles. The van der Waals surface area contributed by atoms with Crippen LogP contribution in [-0.4, -0.2) is 16.1 Å². The Morgan fingerprint density at radius 2 is 2.21 bits per heavy atom. The summed E-state index contributed by atoms with van der Waals surface area (Å²) in [5, 5.41) is 8.85. The molecule has 5 heteroatoms. The fraction of sp³-hybridized carbons (Fsp3) is 0.143. The number of carbonyl (C=O) groups is 1. The number of ether oxygens (including phenoxy) is 1. The Labute approximate surface area is 109 Å². The molecule has 0 radical (unpaired) electrons. The van der Waals surface area contributed by atoms with Gasteiger partial charge in [-0.15, -0.1) is 0 Å². The number of benzene rings is 1. The van der Waals surface area contributed by atoms with Gasteiger partial charge in [0.15, 0.2) is 0 Å². The van der Waals surface area contributed by atoms with Crippen molar-refractivity contribution in [2.45, 2.75) is 13.5 Å². The average Bonchev–Trinajstić information content (AvgIpc) is 2.37. The zero-order chi connectivity index (χ0) is 13.8. The molecule has 0 bridgehead atoms. The minimum absolute atomic E-state index is 0.0879. The number of hydrogen-bond acceptors (Lipinski definition) is 3. The van der Waals surface area contributed by atoms with Crippen LogP contribution in [0.3, 0.4) is 0 Å². The van der Waals surface area contributed by atoms with Gasteiger partial charge in [-0.1, -0.05) is 0 Å². The third kappa shape index (κ3) is 3.28. The minimum atomic E-state index is -1.17. The zero-order valence-electron chi connectivity index (χ0n) is 10.3. The topological polar surface area (TPSA) is 59.4 Å². The number of carboxylic acid groups (broad SMARTS) is 1. The zero-order valence-corrected chi connectivity index (χ0v) is 10.3. The van der Waals surface area contributed by atoms with E-state index in [0.29, 0.717) is 11.3 Å². The largest absolute Gasteiger partial charge is 0.487 e. The van der Waals surface area contributed by atoms with Gasteiger partial charge in [0, 0.05) is 6.20 Å². The second-order valence-electron chi connectivity index (χ2n) is 4.03. The molecule has 4 nitrogen and oxygen atoms in total. The smallest absolute Gasteiger partial charge is 0.335 e. The molecule has 0 spiro atoms. The summed E-state index contributed by atoms with van der Waals surface area (Å²) in [7, 11) is 0. The number of carboxylic acids is 1. The molecule has 0 saturated carbocycles. The Balaban J connectivity index is 2.16. The molecule has 2 rings (SSSR count). The molecule has 0 fully saturated rings. The van der Waals surface area contributed by atoms with E-state index in [-0.39, 0.29) is 12.2 Å². The number of aromatic nitrogens is 1. The van der Waals surface area contributed by atoms with Gasteiger partial charge in [0.25, 0.3) is 0 Å². The summed E-state index contributed by atoms with van der Waals surface area (Å²) in [6.45, 7) is 1.88. The molecule has 2 aromatic rings. The predicted octanol–water partition coefficient (Wildman–Crippen LogP) is 2.81. The number of hydrogen-bond donors (Lipinski definition) is 1. The van der Waals surface area contributed by atoms with Gasteiger partial charge in [0.1, 0.15) is 18.2 Å². The summed E-state index contributed by atoms with van der Waals surface area (Å²) in [5.74, 6) is -1.18. The molecule has 19 heavy (non-hydrogen) atoms. The van der Waals surface area contributed by atoms with Crippen LogP contribution in [0.2, 0.25) is 0 Å². The lowest BCUT2D eigenvalue weighted by molar-refractivity contribution is 0.0696. The predicted molar refractivity (Wildman–Crippen MR) is 66.7 cm³/mol. The Bertz CT molecular complexity index is 613. The molecule has 0 saturated heterocycles. The molecule has 1 aromatic heterocycles. The van der Waals surface area contributed by atoms with Crippen molar-refractivity contribution in [2.24, 2.45) is 0 Å². The number of aryl methyl sites for hydroxylation is 1. The highest BCUT2D eigenvalue weighted by Crippen LogP contribution is 2.17. The van der Waals surface area contributed by atoms with Gasteiger partial charge >= 0.3 is 5.97 Å². The van der Waals surface area contributed by atoms with Crippen LogP contribution in [0.1, 0.15) is 21.6 Å². The van der Waals surface area contributed by atoms with Gasteiger partial charge in [-0.2, -0.15) is 0 Å². The van der Waals surface area contributed by atoms with Crippen molar-refractivity contribution in [3.05, 3.63) is 59.2 Å². The molecular formula is C14H12FNO3. The molecule has 1 N–H and O–H groups in total. The van der Waals surface area contributed by atoms with Gasteiger partial charge in [-0.3, -0.25) is 4.98 Å². The maximum absolute atomic E-state index is 13.3. The van der Waals surface area contributed by atoms with E-state index in [1.54, 1.807) is 25.3 Å². The van der Waals surface area contributed by atoms with Crippen LogP contribution in [0.4, 0.5) is 4.39 Å². The van der Waals surface area contributed by atoms with Gasteiger partial charge in [0.05, 0.1) is 11.3 Å². The molecule has 0 amide bonds. The standard InChI is InChI=1S/C14H12FNO3/c1-9-13(3-2-4-16-9)19-8-10-5-11(14(17)18)7-12(15)6-10/h2-7H,8H2,1H3,(H,17,18). The second-order valence-corrected chi connectivity index (χ2v) is 4.03. The van der Waals surface area contributed by atoms with E-state index in [0.717, 1.165) is 11.8 Å². The lowest BCUT2D eigenvalue weighted by Crippen LogP contribution is -2.02. The third-order valence-corrected chi connectivity index (χ3v) is 2.56. The normalized spacial score (nSPS) is 10.2. The van der Waals surface area contributed by atoms with Crippen molar-refractivity contribution in [1.82, 2.24) is 4.98 Å². The first-order valence-corrected chi connectivity index (χ1v) is 5.63. The molecule has 98 valence electrons. The van der Waals surface area contributed by atoms with E-state index in [4.69, 9.17) is 9.84 Å². The maximum atomic E-state index is 13.3. The molecule has 0 aliphatic rings. The van der Waals surface area contributed by atoms with Gasteiger partial charge in [-0.05, 0) is 42.8 Å². The number of rotatable bonds is 4. The SMILES string of the molecule is Cc1ncccc1OCc1cc(F)cc(C(=O)O)c1. The maximum Gasteiger partial charge on any atom is 0.335 e. The van der Waals surface area contributed by atoms with Crippen LogP contribution >= 0.6 is 0 Å². The third-order valence-electron chi connectivity index (χ3n) is 2.56. The van der Waals surface area contributed by atoms with Crippen LogP contribution in [0.25, 0.3) is 0 Å². The summed E-state index contributed by atoms with van der Waals surface area (Å²) < 4.78 is 18.8. The van der Waals surface area contributed by atoms with Gasteiger partial charge in [0.2, 0.25) is 0 Å². The highest BCUT2D eigenvalue weighted by molar-refractivity contribution is 5.87. The Morgan fingerprint density at radius 3 is 2.89 bits per heavy atom. The number of aromatic carboxylic acids is 1. The van der Waals surface area contributed by atoms with Crippen molar-refractivity contribution in [3.63, 3.8) is 0 Å². The number of pyridine rings is 1. The van der Waals surface area contributed by atoms with Crippen LogP contribution < -0.4 is 4.74 Å². The minimum Gasteiger partial charge on any atom is -0.487 e. The number of halogens is 1. The van der Waals surface area contributed by atoms with Crippen molar-refractivity contribution < 1.29 is 19.0 Å². The molecule has 0 aliphatic carbocycles. The van der Waals surface area contributed by atoms with E-state index >= 15 is 0 Å². The summed E-state index contributed by atoms with van der Waals surface area (Å²) >= 11 is 0.